The summed E-state index contributed by atoms with van der Waals surface area (Å²) in [6.07, 6.45) is 0.731. The van der Waals surface area contributed by atoms with Crippen molar-refractivity contribution in [1.29, 1.82) is 5.26 Å². The summed E-state index contributed by atoms with van der Waals surface area (Å²) in [4.78, 5) is 18.2. The predicted octanol–water partition coefficient (Wildman–Crippen LogP) is 4.61. The molecule has 0 fully saturated rings. The first-order valence-corrected chi connectivity index (χ1v) is 8.37. The second-order valence-corrected chi connectivity index (χ2v) is 6.61. The van der Waals surface area contributed by atoms with Crippen LogP contribution >= 0.6 is 11.3 Å². The van der Waals surface area contributed by atoms with Gasteiger partial charge in [-0.25, -0.2) is 9.37 Å². The Hall–Kier alpha value is -3.04. The Labute approximate surface area is 148 Å². The molecule has 0 bridgehead atoms. The molecule has 1 heterocycles. The van der Waals surface area contributed by atoms with Crippen molar-refractivity contribution >= 4 is 28.4 Å². The number of nitriles is 1. The SMILES string of the molecule is Cc1sc(N(Cc2cccc(F)c2)c2ccc(C#N)cc2)nc1C=O. The lowest BCUT2D eigenvalue weighted by molar-refractivity contribution is 0.111. The van der Waals surface area contributed by atoms with E-state index in [0.29, 0.717) is 22.9 Å². The van der Waals surface area contributed by atoms with E-state index in [1.54, 1.807) is 18.2 Å². The Bertz CT molecular complexity index is 944. The van der Waals surface area contributed by atoms with Gasteiger partial charge in [-0.2, -0.15) is 5.26 Å². The fourth-order valence-corrected chi connectivity index (χ4v) is 3.32. The minimum atomic E-state index is -0.304. The molecule has 0 radical (unpaired) electrons. The van der Waals surface area contributed by atoms with E-state index < -0.39 is 0 Å². The quantitative estimate of drug-likeness (QED) is 0.630. The van der Waals surface area contributed by atoms with Crippen LogP contribution < -0.4 is 4.90 Å². The molecule has 25 heavy (non-hydrogen) atoms. The molecule has 0 saturated heterocycles. The third kappa shape index (κ3) is 3.73. The van der Waals surface area contributed by atoms with Crippen LogP contribution in [-0.4, -0.2) is 11.3 Å². The van der Waals surface area contributed by atoms with Gasteiger partial charge in [-0.15, -0.1) is 11.3 Å². The van der Waals surface area contributed by atoms with Crippen molar-refractivity contribution < 1.29 is 9.18 Å². The highest BCUT2D eigenvalue weighted by molar-refractivity contribution is 7.15. The molecule has 0 aliphatic heterocycles. The van der Waals surface area contributed by atoms with Crippen LogP contribution in [0.25, 0.3) is 0 Å². The molecule has 124 valence electrons. The number of aldehydes is 1. The molecule has 2 aromatic carbocycles. The highest BCUT2D eigenvalue weighted by Gasteiger charge is 2.17. The fraction of sp³-hybridized carbons (Fsp3) is 0.105. The van der Waals surface area contributed by atoms with E-state index >= 15 is 0 Å². The number of aromatic nitrogens is 1. The van der Waals surface area contributed by atoms with Crippen molar-refractivity contribution in [1.82, 2.24) is 4.98 Å². The number of nitrogens with zero attached hydrogens (tertiary/aromatic N) is 3. The molecule has 4 nitrogen and oxygen atoms in total. The molecule has 0 N–H and O–H groups in total. The van der Waals surface area contributed by atoms with Crippen LogP contribution in [-0.2, 0) is 6.54 Å². The number of hydrogen-bond acceptors (Lipinski definition) is 5. The number of aryl methyl sites for hydroxylation is 1. The van der Waals surface area contributed by atoms with Crippen molar-refractivity contribution in [3.8, 4) is 6.07 Å². The van der Waals surface area contributed by atoms with Crippen LogP contribution in [0, 0.1) is 24.1 Å². The van der Waals surface area contributed by atoms with E-state index in [2.05, 4.69) is 11.1 Å². The smallest absolute Gasteiger partial charge is 0.191 e. The molecule has 3 rings (SSSR count). The molecule has 0 aliphatic carbocycles. The Balaban J connectivity index is 2.03. The van der Waals surface area contributed by atoms with Crippen molar-refractivity contribution in [2.24, 2.45) is 0 Å². The summed E-state index contributed by atoms with van der Waals surface area (Å²) in [6.45, 7) is 2.24. The van der Waals surface area contributed by atoms with Crippen LogP contribution in [0.3, 0.4) is 0 Å². The van der Waals surface area contributed by atoms with Gasteiger partial charge in [-0.3, -0.25) is 4.79 Å². The Kier molecular flexibility index (Phi) is 4.87. The van der Waals surface area contributed by atoms with E-state index in [1.807, 2.05) is 30.0 Å². The van der Waals surface area contributed by atoms with E-state index in [-0.39, 0.29) is 5.82 Å². The van der Waals surface area contributed by atoms with E-state index in [4.69, 9.17) is 5.26 Å². The molecule has 3 aromatic rings. The number of halogens is 1. The van der Waals surface area contributed by atoms with Crippen LogP contribution in [0.5, 0.6) is 0 Å². The van der Waals surface area contributed by atoms with Crippen molar-refractivity contribution in [3.05, 3.63) is 76.0 Å². The second kappa shape index (κ2) is 7.24. The molecule has 0 aliphatic rings. The summed E-state index contributed by atoms with van der Waals surface area (Å²) in [6, 6.07) is 15.5. The number of carbonyl (C=O) groups is 1. The first-order valence-electron chi connectivity index (χ1n) is 7.55. The number of hydrogen-bond donors (Lipinski definition) is 0. The summed E-state index contributed by atoms with van der Waals surface area (Å²) in [7, 11) is 0. The lowest BCUT2D eigenvalue weighted by atomic mass is 10.1. The van der Waals surface area contributed by atoms with E-state index in [1.165, 1.54) is 23.5 Å². The maximum atomic E-state index is 13.5. The van der Waals surface area contributed by atoms with E-state index in [0.717, 1.165) is 22.4 Å². The summed E-state index contributed by atoms with van der Waals surface area (Å²) >= 11 is 1.40. The third-order valence-corrected chi connectivity index (χ3v) is 4.71. The van der Waals surface area contributed by atoms with Gasteiger partial charge in [-0.1, -0.05) is 12.1 Å². The molecule has 0 unspecified atom stereocenters. The van der Waals surface area contributed by atoms with Gasteiger partial charge in [0.05, 0.1) is 18.2 Å². The topological polar surface area (TPSA) is 57.0 Å². The Morgan fingerprint density at radius 1 is 1.28 bits per heavy atom. The van der Waals surface area contributed by atoms with Gasteiger partial charge < -0.3 is 4.90 Å². The lowest BCUT2D eigenvalue weighted by Gasteiger charge is -2.22. The number of thiazole rings is 1. The molecule has 1 aromatic heterocycles. The van der Waals surface area contributed by atoms with Crippen molar-refractivity contribution in [3.63, 3.8) is 0 Å². The average molecular weight is 351 g/mol. The zero-order chi connectivity index (χ0) is 17.8. The van der Waals surface area contributed by atoms with E-state index in [9.17, 15) is 9.18 Å². The molecular weight excluding hydrogens is 337 g/mol. The first-order chi connectivity index (χ1) is 12.1. The maximum absolute atomic E-state index is 13.5. The largest absolute Gasteiger partial charge is 0.313 e. The highest BCUT2D eigenvalue weighted by Crippen LogP contribution is 2.32. The first kappa shape index (κ1) is 16.8. The lowest BCUT2D eigenvalue weighted by Crippen LogP contribution is -2.16. The van der Waals surface area contributed by atoms with Gasteiger partial charge >= 0.3 is 0 Å². The average Bonchev–Trinajstić information content (AvgIpc) is 3.00. The van der Waals surface area contributed by atoms with Crippen LogP contribution in [0.2, 0.25) is 0 Å². The fourth-order valence-electron chi connectivity index (χ4n) is 2.42. The zero-order valence-electron chi connectivity index (χ0n) is 13.4. The third-order valence-electron chi connectivity index (χ3n) is 3.70. The standard InChI is InChI=1S/C19H14FN3OS/c1-13-18(12-24)22-19(25-13)23(11-15-3-2-4-16(20)9-15)17-7-5-14(10-21)6-8-17/h2-9,12H,11H2,1H3. The minimum absolute atomic E-state index is 0.304. The number of rotatable bonds is 5. The van der Waals surface area contributed by atoms with Gasteiger partial charge in [0, 0.05) is 10.6 Å². The molecule has 0 spiro atoms. The monoisotopic (exact) mass is 351 g/mol. The number of carbonyl (C=O) groups excluding carboxylic acids is 1. The summed E-state index contributed by atoms with van der Waals surface area (Å²) in [5.41, 5.74) is 2.55. The van der Waals surface area contributed by atoms with Gasteiger partial charge in [0.2, 0.25) is 0 Å². The van der Waals surface area contributed by atoms with Gasteiger partial charge in [0.25, 0.3) is 0 Å². The minimum Gasteiger partial charge on any atom is -0.313 e. The van der Waals surface area contributed by atoms with Gasteiger partial charge in [-0.05, 0) is 48.9 Å². The molecule has 6 heteroatoms. The molecular formula is C19H14FN3OS. The Morgan fingerprint density at radius 2 is 2.04 bits per heavy atom. The number of anilines is 2. The van der Waals surface area contributed by atoms with Crippen molar-refractivity contribution in [2.45, 2.75) is 13.5 Å². The number of benzene rings is 2. The Morgan fingerprint density at radius 3 is 2.64 bits per heavy atom. The maximum Gasteiger partial charge on any atom is 0.191 e. The highest BCUT2D eigenvalue weighted by atomic mass is 32.1. The molecule has 0 amide bonds. The van der Waals surface area contributed by atoms with Crippen LogP contribution in [0.4, 0.5) is 15.2 Å². The molecule has 0 atom stereocenters. The van der Waals surface area contributed by atoms with Crippen molar-refractivity contribution in [2.75, 3.05) is 4.90 Å². The zero-order valence-corrected chi connectivity index (χ0v) is 14.3. The van der Waals surface area contributed by atoms with Gasteiger partial charge in [0.1, 0.15) is 11.5 Å². The predicted molar refractivity (Wildman–Crippen MR) is 95.6 cm³/mol. The normalized spacial score (nSPS) is 10.3. The van der Waals surface area contributed by atoms with Crippen LogP contribution in [0.15, 0.2) is 48.5 Å². The van der Waals surface area contributed by atoms with Crippen LogP contribution in [0.1, 0.15) is 26.5 Å². The summed E-state index contributed by atoms with van der Waals surface area (Å²) in [5, 5.41) is 9.61. The second-order valence-electron chi connectivity index (χ2n) is 5.43. The summed E-state index contributed by atoms with van der Waals surface area (Å²) in [5.74, 6) is -0.304. The van der Waals surface area contributed by atoms with Gasteiger partial charge in [0.15, 0.2) is 11.4 Å². The summed E-state index contributed by atoms with van der Waals surface area (Å²) < 4.78 is 13.5. The molecule has 0 saturated carbocycles.